The number of aryl methyl sites for hydroxylation is 1. The van der Waals surface area contributed by atoms with Crippen LogP contribution in [-0.2, 0) is 0 Å². The average molecular weight is 498 g/mol. The van der Waals surface area contributed by atoms with Crippen molar-refractivity contribution in [2.45, 2.75) is 13.0 Å². The maximum atomic E-state index is 14.5. The van der Waals surface area contributed by atoms with Crippen molar-refractivity contribution >= 4 is 29.2 Å². The molecule has 7 nitrogen and oxygen atoms in total. The Morgan fingerprint density at radius 2 is 1.80 bits per heavy atom. The average Bonchev–Trinajstić information content (AvgIpc) is 3.25. The highest BCUT2D eigenvalue weighted by Gasteiger charge is 2.41. The summed E-state index contributed by atoms with van der Waals surface area (Å²) in [6.45, 7) is 3.68. The third-order valence-electron chi connectivity index (χ3n) is 6.69. The lowest BCUT2D eigenvalue weighted by molar-refractivity contribution is 0.313. The molecule has 2 aliphatic rings. The molecular weight excluding hydrogens is 475 g/mol. The summed E-state index contributed by atoms with van der Waals surface area (Å²) in [5, 5.41) is 8.07. The van der Waals surface area contributed by atoms with E-state index in [0.29, 0.717) is 29.0 Å². The standard InChI is InChI=1S/C24H22F3N7S/c1-13-7-19(29-12-28-13)33-8-14-10-35-11-15(9-33)22(14)30-24-31-23-17(3-2-6-34(23)32-24)16-4-5-18(25)21(27)20(16)26/h2-7,12,14-15,22H,8-11H2,1H3,(H,30,32)/t14-,15+,22?. The molecule has 2 saturated heterocycles. The van der Waals surface area contributed by atoms with Crippen molar-refractivity contribution in [3.05, 3.63) is 66.0 Å². The van der Waals surface area contributed by atoms with Gasteiger partial charge in [0.1, 0.15) is 12.1 Å². The summed E-state index contributed by atoms with van der Waals surface area (Å²) < 4.78 is 43.4. The molecule has 0 spiro atoms. The summed E-state index contributed by atoms with van der Waals surface area (Å²) in [6.07, 6.45) is 3.30. The third-order valence-corrected chi connectivity index (χ3v) is 8.01. The van der Waals surface area contributed by atoms with Crippen molar-refractivity contribution in [3.8, 4) is 11.1 Å². The lowest BCUT2D eigenvalue weighted by atomic mass is 9.85. The van der Waals surface area contributed by atoms with Gasteiger partial charge < -0.3 is 10.2 Å². The molecule has 4 aromatic rings. The van der Waals surface area contributed by atoms with Gasteiger partial charge in [0, 0.05) is 60.1 Å². The fourth-order valence-electron chi connectivity index (χ4n) is 5.03. The maximum absolute atomic E-state index is 14.5. The van der Waals surface area contributed by atoms with Crippen LogP contribution in [0.3, 0.4) is 0 Å². The van der Waals surface area contributed by atoms with Gasteiger partial charge in [-0.2, -0.15) is 16.7 Å². The van der Waals surface area contributed by atoms with Gasteiger partial charge in [-0.25, -0.2) is 27.7 Å². The topological polar surface area (TPSA) is 71.2 Å². The van der Waals surface area contributed by atoms with Gasteiger partial charge in [0.25, 0.3) is 0 Å². The van der Waals surface area contributed by atoms with Gasteiger partial charge in [0.15, 0.2) is 23.1 Å². The SMILES string of the molecule is Cc1cc(N2C[C@H]3CSC[C@@H](C2)C3Nc2nc3c(-c4ccc(F)c(F)c4F)cccn3n2)ncn1. The highest BCUT2D eigenvalue weighted by molar-refractivity contribution is 7.99. The Labute approximate surface area is 203 Å². The van der Waals surface area contributed by atoms with Crippen molar-refractivity contribution in [3.63, 3.8) is 0 Å². The second kappa shape index (κ2) is 8.71. The van der Waals surface area contributed by atoms with Gasteiger partial charge in [-0.3, -0.25) is 0 Å². The molecule has 6 rings (SSSR count). The van der Waals surface area contributed by atoms with Crippen molar-refractivity contribution in [1.29, 1.82) is 0 Å². The largest absolute Gasteiger partial charge is 0.356 e. The van der Waals surface area contributed by atoms with Gasteiger partial charge in [0.2, 0.25) is 5.95 Å². The number of thioether (sulfide) groups is 1. The molecule has 3 aromatic heterocycles. The number of fused-ring (bicyclic) bond motifs is 3. The fourth-order valence-corrected chi connectivity index (χ4v) is 6.40. The van der Waals surface area contributed by atoms with Crippen LogP contribution in [0, 0.1) is 36.2 Å². The Hall–Kier alpha value is -3.34. The van der Waals surface area contributed by atoms with Crippen LogP contribution >= 0.6 is 11.8 Å². The van der Waals surface area contributed by atoms with Crippen molar-refractivity contribution in [2.24, 2.45) is 11.8 Å². The molecule has 0 amide bonds. The number of piperidine rings is 1. The van der Waals surface area contributed by atoms with Gasteiger partial charge in [-0.15, -0.1) is 5.10 Å². The van der Waals surface area contributed by atoms with E-state index in [2.05, 4.69) is 30.3 Å². The number of hydrogen-bond donors (Lipinski definition) is 1. The monoisotopic (exact) mass is 497 g/mol. The molecule has 1 N–H and O–H groups in total. The van der Waals surface area contributed by atoms with Crippen LogP contribution in [0.1, 0.15) is 5.69 Å². The quantitative estimate of drug-likeness (QED) is 0.424. The zero-order valence-electron chi connectivity index (χ0n) is 18.8. The van der Waals surface area contributed by atoms with Crippen LogP contribution in [0.25, 0.3) is 16.8 Å². The summed E-state index contributed by atoms with van der Waals surface area (Å²) in [4.78, 5) is 15.6. The molecule has 2 bridgehead atoms. The molecular formula is C24H22F3N7S. The van der Waals surface area contributed by atoms with E-state index in [1.165, 1.54) is 10.6 Å². The first-order valence-corrected chi connectivity index (χ1v) is 12.5. The molecule has 0 saturated carbocycles. The lowest BCUT2D eigenvalue weighted by Gasteiger charge is -2.47. The van der Waals surface area contributed by atoms with Gasteiger partial charge in [-0.05, 0) is 42.7 Å². The molecule has 2 aliphatic heterocycles. The molecule has 0 radical (unpaired) electrons. The first-order valence-electron chi connectivity index (χ1n) is 11.3. The highest BCUT2D eigenvalue weighted by atomic mass is 32.2. The Morgan fingerprint density at radius 1 is 1.00 bits per heavy atom. The minimum atomic E-state index is -1.50. The van der Waals surface area contributed by atoms with E-state index < -0.39 is 17.5 Å². The Morgan fingerprint density at radius 3 is 2.57 bits per heavy atom. The normalized spacial score (nSPS) is 21.9. The van der Waals surface area contributed by atoms with Gasteiger partial charge >= 0.3 is 0 Å². The van der Waals surface area contributed by atoms with Gasteiger partial charge in [0.05, 0.1) is 0 Å². The van der Waals surface area contributed by atoms with Crippen molar-refractivity contribution in [2.75, 3.05) is 34.8 Å². The molecule has 180 valence electrons. The number of anilines is 2. The zero-order valence-corrected chi connectivity index (χ0v) is 19.6. The summed E-state index contributed by atoms with van der Waals surface area (Å²) in [5.74, 6) is 0.138. The summed E-state index contributed by atoms with van der Waals surface area (Å²) in [7, 11) is 0. The number of halogens is 3. The molecule has 5 heterocycles. The zero-order chi connectivity index (χ0) is 24.1. The number of nitrogens with one attached hydrogen (secondary N) is 1. The minimum Gasteiger partial charge on any atom is -0.356 e. The number of hydrogen-bond acceptors (Lipinski definition) is 7. The number of pyridine rings is 1. The molecule has 35 heavy (non-hydrogen) atoms. The molecule has 11 heteroatoms. The smallest absolute Gasteiger partial charge is 0.243 e. The summed E-state index contributed by atoms with van der Waals surface area (Å²) >= 11 is 1.96. The Bertz CT molecular complexity index is 1400. The number of nitrogens with zero attached hydrogens (tertiary/aromatic N) is 6. The molecule has 3 atom stereocenters. The Balaban J connectivity index is 1.29. The van der Waals surface area contributed by atoms with Crippen LogP contribution < -0.4 is 10.2 Å². The van der Waals surface area contributed by atoms with E-state index in [4.69, 9.17) is 0 Å². The fraction of sp³-hybridized carbons (Fsp3) is 0.333. The predicted molar refractivity (Wildman–Crippen MR) is 129 cm³/mol. The van der Waals surface area contributed by atoms with Crippen LogP contribution in [0.15, 0.2) is 42.9 Å². The molecule has 1 unspecified atom stereocenters. The molecule has 0 aliphatic carbocycles. The highest BCUT2D eigenvalue weighted by Crippen LogP contribution is 2.37. The minimum absolute atomic E-state index is 0.0600. The van der Waals surface area contributed by atoms with E-state index in [-0.39, 0.29) is 11.6 Å². The van der Waals surface area contributed by atoms with E-state index in [1.54, 1.807) is 24.7 Å². The van der Waals surface area contributed by atoms with Crippen molar-refractivity contribution in [1.82, 2.24) is 24.6 Å². The first kappa shape index (κ1) is 22.1. The van der Waals surface area contributed by atoms with Crippen LogP contribution in [0.5, 0.6) is 0 Å². The number of rotatable bonds is 4. The lowest BCUT2D eigenvalue weighted by Crippen LogP contribution is -2.56. The van der Waals surface area contributed by atoms with E-state index in [1.807, 2.05) is 24.8 Å². The van der Waals surface area contributed by atoms with E-state index >= 15 is 0 Å². The van der Waals surface area contributed by atoms with Crippen LogP contribution in [-0.4, -0.2) is 55.2 Å². The molecule has 2 fully saturated rings. The van der Waals surface area contributed by atoms with Gasteiger partial charge in [-0.1, -0.05) is 0 Å². The van der Waals surface area contributed by atoms with E-state index in [9.17, 15) is 13.2 Å². The third kappa shape index (κ3) is 3.97. The van der Waals surface area contributed by atoms with Crippen LogP contribution in [0.2, 0.25) is 0 Å². The number of aromatic nitrogens is 5. The second-order valence-corrected chi connectivity index (χ2v) is 10.1. The first-order chi connectivity index (χ1) is 17.0. The maximum Gasteiger partial charge on any atom is 0.243 e. The summed E-state index contributed by atoms with van der Waals surface area (Å²) in [6, 6.07) is 7.62. The second-order valence-electron chi connectivity index (χ2n) is 9.00. The molecule has 1 aromatic carbocycles. The predicted octanol–water partition coefficient (Wildman–Crippen LogP) is 4.19. The van der Waals surface area contributed by atoms with E-state index in [0.717, 1.165) is 42.2 Å². The number of benzene rings is 1. The van der Waals surface area contributed by atoms with Crippen LogP contribution in [0.4, 0.5) is 24.9 Å². The summed E-state index contributed by atoms with van der Waals surface area (Å²) in [5.41, 5.74) is 1.59. The Kier molecular flexibility index (Phi) is 5.51. The van der Waals surface area contributed by atoms with Crippen molar-refractivity contribution < 1.29 is 13.2 Å².